The Morgan fingerprint density at radius 1 is 0.643 bits per heavy atom. The lowest BCUT2D eigenvalue weighted by Gasteiger charge is -2.41. The molecule has 4 nitrogen and oxygen atoms in total. The topological polar surface area (TPSA) is 36.9 Å². The normalized spacial score (nSPS) is 48.0. The van der Waals surface area contributed by atoms with Crippen LogP contribution in [0.1, 0.15) is 25.7 Å². The van der Waals surface area contributed by atoms with Crippen LogP contribution in [-0.4, -0.2) is 38.0 Å². The molecule has 0 bridgehead atoms. The number of rotatable bonds is 0. The lowest BCUT2D eigenvalue weighted by atomic mass is 10.1. The largest absolute Gasteiger partial charge is 0.348 e. The van der Waals surface area contributed by atoms with Gasteiger partial charge < -0.3 is 18.9 Å². The molecule has 3 heterocycles. The second-order valence-corrected chi connectivity index (χ2v) is 4.30. The Morgan fingerprint density at radius 2 is 1.14 bits per heavy atom. The van der Waals surface area contributed by atoms with Crippen LogP contribution in [0.3, 0.4) is 0 Å². The van der Waals surface area contributed by atoms with Gasteiger partial charge in [0.1, 0.15) is 13.2 Å². The smallest absolute Gasteiger partial charge is 0.192 e. The minimum Gasteiger partial charge on any atom is -0.348 e. The average molecular weight is 200 g/mol. The molecule has 0 aromatic heterocycles. The summed E-state index contributed by atoms with van der Waals surface area (Å²) in [5, 5.41) is 0. The third-order valence-corrected chi connectivity index (χ3v) is 3.24. The monoisotopic (exact) mass is 200 g/mol. The van der Waals surface area contributed by atoms with E-state index < -0.39 is 11.6 Å². The first kappa shape index (κ1) is 9.09. The maximum absolute atomic E-state index is 5.79. The standard InChI is InChI=1S/C10H16O4/c1-3-9(11-5-1)7-14-10(8-13-9)4-2-6-12-10/h1-8H2/t9-,10-/m1/s1. The predicted octanol–water partition coefficient (Wildman–Crippen LogP) is 1.05. The molecule has 0 aromatic rings. The van der Waals surface area contributed by atoms with E-state index in [9.17, 15) is 0 Å². The van der Waals surface area contributed by atoms with E-state index in [1.807, 2.05) is 0 Å². The summed E-state index contributed by atoms with van der Waals surface area (Å²) in [5.41, 5.74) is 0. The second-order valence-electron chi connectivity index (χ2n) is 4.30. The van der Waals surface area contributed by atoms with Crippen LogP contribution in [0.25, 0.3) is 0 Å². The molecule has 0 N–H and O–H groups in total. The molecular weight excluding hydrogens is 184 g/mol. The Morgan fingerprint density at radius 3 is 1.43 bits per heavy atom. The Hall–Kier alpha value is -0.160. The van der Waals surface area contributed by atoms with E-state index in [0.29, 0.717) is 13.2 Å². The minimum absolute atomic E-state index is 0.447. The molecule has 2 spiro atoms. The maximum Gasteiger partial charge on any atom is 0.192 e. The molecule has 3 fully saturated rings. The Balaban J connectivity index is 1.66. The van der Waals surface area contributed by atoms with Gasteiger partial charge in [-0.2, -0.15) is 0 Å². The molecule has 3 rings (SSSR count). The van der Waals surface area contributed by atoms with E-state index in [4.69, 9.17) is 18.9 Å². The first-order valence-corrected chi connectivity index (χ1v) is 5.39. The fourth-order valence-corrected chi connectivity index (χ4v) is 2.37. The Bertz CT molecular complexity index is 180. The zero-order valence-electron chi connectivity index (χ0n) is 8.29. The molecule has 0 aliphatic carbocycles. The summed E-state index contributed by atoms with van der Waals surface area (Å²) in [5.74, 6) is -0.894. The van der Waals surface area contributed by atoms with Gasteiger partial charge in [-0.05, 0) is 12.8 Å². The summed E-state index contributed by atoms with van der Waals surface area (Å²) in [7, 11) is 0. The Labute approximate surface area is 83.5 Å². The Kier molecular flexibility index (Phi) is 2.06. The van der Waals surface area contributed by atoms with E-state index >= 15 is 0 Å². The van der Waals surface area contributed by atoms with Gasteiger partial charge in [-0.1, -0.05) is 0 Å². The van der Waals surface area contributed by atoms with Crippen molar-refractivity contribution in [2.24, 2.45) is 0 Å². The summed E-state index contributed by atoms with van der Waals surface area (Å²) in [6.07, 6.45) is 4.03. The van der Waals surface area contributed by atoms with Gasteiger partial charge in [-0.3, -0.25) is 0 Å². The van der Waals surface area contributed by atoms with Crippen LogP contribution in [0.4, 0.5) is 0 Å². The average Bonchev–Trinajstić information content (AvgIpc) is 2.81. The van der Waals surface area contributed by atoms with Gasteiger partial charge >= 0.3 is 0 Å². The van der Waals surface area contributed by atoms with Crippen molar-refractivity contribution in [3.05, 3.63) is 0 Å². The van der Waals surface area contributed by atoms with Crippen molar-refractivity contribution >= 4 is 0 Å². The molecule has 0 aromatic carbocycles. The van der Waals surface area contributed by atoms with E-state index in [1.54, 1.807) is 0 Å². The van der Waals surface area contributed by atoms with Gasteiger partial charge in [0.25, 0.3) is 0 Å². The molecule has 3 aliphatic rings. The molecule has 0 amide bonds. The third-order valence-electron chi connectivity index (χ3n) is 3.24. The van der Waals surface area contributed by atoms with Gasteiger partial charge in [-0.15, -0.1) is 0 Å². The molecule has 80 valence electrons. The van der Waals surface area contributed by atoms with E-state index in [2.05, 4.69) is 0 Å². The highest BCUT2D eigenvalue weighted by Gasteiger charge is 2.49. The summed E-state index contributed by atoms with van der Waals surface area (Å²) in [6, 6.07) is 0. The van der Waals surface area contributed by atoms with Gasteiger partial charge in [0, 0.05) is 12.8 Å². The fraction of sp³-hybridized carbons (Fsp3) is 1.00. The van der Waals surface area contributed by atoms with Crippen LogP contribution in [0, 0.1) is 0 Å². The van der Waals surface area contributed by atoms with Crippen LogP contribution in [-0.2, 0) is 18.9 Å². The molecule has 4 heteroatoms. The summed E-state index contributed by atoms with van der Waals surface area (Å²) in [4.78, 5) is 0. The quantitative estimate of drug-likeness (QED) is 0.585. The van der Waals surface area contributed by atoms with Crippen LogP contribution in [0.15, 0.2) is 0 Å². The first-order valence-electron chi connectivity index (χ1n) is 5.39. The molecule has 0 unspecified atom stereocenters. The zero-order valence-corrected chi connectivity index (χ0v) is 8.29. The summed E-state index contributed by atoms with van der Waals surface area (Å²) < 4.78 is 22.7. The SMILES string of the molecule is C1CO[C@@]2(C1)CO[C@]1(CCCO1)CO2. The minimum atomic E-state index is -0.447. The van der Waals surface area contributed by atoms with Crippen molar-refractivity contribution in [3.63, 3.8) is 0 Å². The number of hydrogen-bond donors (Lipinski definition) is 0. The van der Waals surface area contributed by atoms with Gasteiger partial charge in [-0.25, -0.2) is 0 Å². The van der Waals surface area contributed by atoms with Crippen molar-refractivity contribution in [1.82, 2.24) is 0 Å². The number of ether oxygens (including phenoxy) is 4. The third kappa shape index (κ3) is 1.37. The number of hydrogen-bond acceptors (Lipinski definition) is 4. The van der Waals surface area contributed by atoms with Gasteiger partial charge in [0.15, 0.2) is 11.6 Å². The van der Waals surface area contributed by atoms with E-state index in [0.717, 1.165) is 38.9 Å². The van der Waals surface area contributed by atoms with E-state index in [-0.39, 0.29) is 0 Å². The molecule has 14 heavy (non-hydrogen) atoms. The first-order chi connectivity index (χ1) is 6.83. The van der Waals surface area contributed by atoms with Crippen LogP contribution >= 0.6 is 0 Å². The fourth-order valence-electron chi connectivity index (χ4n) is 2.37. The van der Waals surface area contributed by atoms with Crippen molar-refractivity contribution in [2.45, 2.75) is 37.3 Å². The van der Waals surface area contributed by atoms with Gasteiger partial charge in [0.05, 0.1) is 13.2 Å². The molecule has 0 radical (unpaired) electrons. The molecule has 2 atom stereocenters. The highest BCUT2D eigenvalue weighted by Crippen LogP contribution is 2.38. The van der Waals surface area contributed by atoms with Gasteiger partial charge in [0.2, 0.25) is 0 Å². The van der Waals surface area contributed by atoms with Crippen LogP contribution in [0.5, 0.6) is 0 Å². The van der Waals surface area contributed by atoms with E-state index in [1.165, 1.54) is 0 Å². The van der Waals surface area contributed by atoms with Crippen molar-refractivity contribution in [2.75, 3.05) is 26.4 Å². The maximum atomic E-state index is 5.79. The summed E-state index contributed by atoms with van der Waals surface area (Å²) >= 11 is 0. The molecule has 3 saturated heterocycles. The van der Waals surface area contributed by atoms with Crippen molar-refractivity contribution < 1.29 is 18.9 Å². The molecule has 0 saturated carbocycles. The van der Waals surface area contributed by atoms with Crippen molar-refractivity contribution in [1.29, 1.82) is 0 Å². The molecule has 3 aliphatic heterocycles. The second kappa shape index (κ2) is 3.17. The highest BCUT2D eigenvalue weighted by molar-refractivity contribution is 4.85. The predicted molar refractivity (Wildman–Crippen MR) is 47.7 cm³/mol. The summed E-state index contributed by atoms with van der Waals surface area (Å²) in [6.45, 7) is 2.62. The zero-order chi connectivity index (χ0) is 9.49. The lowest BCUT2D eigenvalue weighted by molar-refractivity contribution is -0.365. The van der Waals surface area contributed by atoms with Crippen molar-refractivity contribution in [3.8, 4) is 0 Å². The highest BCUT2D eigenvalue weighted by atomic mass is 16.8. The van der Waals surface area contributed by atoms with Crippen LogP contribution in [0.2, 0.25) is 0 Å². The van der Waals surface area contributed by atoms with Crippen LogP contribution < -0.4 is 0 Å². The molecular formula is C10H16O4. The lowest BCUT2D eigenvalue weighted by Crippen LogP contribution is -2.53.